The second kappa shape index (κ2) is 7.23. The number of hydrogen-bond acceptors (Lipinski definition) is 2. The van der Waals surface area contributed by atoms with Crippen molar-refractivity contribution in [2.75, 3.05) is 13.1 Å². The van der Waals surface area contributed by atoms with Gasteiger partial charge >= 0.3 is 0 Å². The maximum atomic E-state index is 13.3. The molecule has 2 aliphatic rings. The first-order valence-electron chi connectivity index (χ1n) is 7.49. The predicted molar refractivity (Wildman–Crippen MR) is 82.8 cm³/mol. The molecule has 0 radical (unpaired) electrons. The quantitative estimate of drug-likeness (QED) is 0.927. The van der Waals surface area contributed by atoms with E-state index in [0.717, 1.165) is 44.3 Å². The molecule has 1 heterocycles. The summed E-state index contributed by atoms with van der Waals surface area (Å²) >= 11 is 0. The molecular formula is C16H22ClFN2O. The van der Waals surface area contributed by atoms with Crippen LogP contribution < -0.4 is 5.32 Å². The molecule has 1 aliphatic heterocycles. The predicted octanol–water partition coefficient (Wildman–Crippen LogP) is 2.74. The summed E-state index contributed by atoms with van der Waals surface area (Å²) in [6.45, 7) is 2.33. The van der Waals surface area contributed by atoms with Crippen LogP contribution in [0.3, 0.4) is 0 Å². The van der Waals surface area contributed by atoms with Crippen molar-refractivity contribution in [3.8, 4) is 0 Å². The normalized spacial score (nSPS) is 21.5. The van der Waals surface area contributed by atoms with Crippen molar-refractivity contribution < 1.29 is 9.18 Å². The van der Waals surface area contributed by atoms with E-state index in [1.54, 1.807) is 6.07 Å². The summed E-state index contributed by atoms with van der Waals surface area (Å²) in [5, 5.41) is 3.30. The third-order valence-corrected chi connectivity index (χ3v) is 4.16. The maximum absolute atomic E-state index is 13.3. The minimum absolute atomic E-state index is 0. The van der Waals surface area contributed by atoms with E-state index >= 15 is 0 Å². The lowest BCUT2D eigenvalue weighted by atomic mass is 9.97. The zero-order valence-corrected chi connectivity index (χ0v) is 12.9. The van der Waals surface area contributed by atoms with Crippen LogP contribution in [0.1, 0.15) is 31.2 Å². The van der Waals surface area contributed by atoms with E-state index in [1.807, 2.05) is 11.0 Å². The van der Waals surface area contributed by atoms with Crippen molar-refractivity contribution in [2.24, 2.45) is 5.92 Å². The number of nitrogens with zero attached hydrogens (tertiary/aromatic N) is 1. The minimum atomic E-state index is -0.231. The zero-order valence-electron chi connectivity index (χ0n) is 12.1. The Morgan fingerprint density at radius 2 is 2.14 bits per heavy atom. The van der Waals surface area contributed by atoms with E-state index in [2.05, 4.69) is 5.32 Å². The second-order valence-electron chi connectivity index (χ2n) is 5.87. The third kappa shape index (κ3) is 4.17. The molecule has 0 bridgehead atoms. The Morgan fingerprint density at radius 3 is 2.76 bits per heavy atom. The monoisotopic (exact) mass is 312 g/mol. The van der Waals surface area contributed by atoms with Gasteiger partial charge in [-0.1, -0.05) is 12.1 Å². The molecule has 5 heteroatoms. The van der Waals surface area contributed by atoms with Crippen molar-refractivity contribution in [1.29, 1.82) is 0 Å². The van der Waals surface area contributed by atoms with Crippen LogP contribution in [0.15, 0.2) is 24.3 Å². The van der Waals surface area contributed by atoms with Crippen LogP contribution in [0.2, 0.25) is 0 Å². The van der Waals surface area contributed by atoms with Crippen LogP contribution in [0.4, 0.5) is 4.39 Å². The highest BCUT2D eigenvalue weighted by molar-refractivity contribution is 5.85. The summed E-state index contributed by atoms with van der Waals surface area (Å²) in [7, 11) is 0. The van der Waals surface area contributed by atoms with Gasteiger partial charge in [0.25, 0.3) is 0 Å². The van der Waals surface area contributed by atoms with Crippen LogP contribution in [0.5, 0.6) is 0 Å². The summed E-state index contributed by atoms with van der Waals surface area (Å²) in [4.78, 5) is 14.6. The number of benzene rings is 1. The first-order valence-corrected chi connectivity index (χ1v) is 7.49. The van der Waals surface area contributed by atoms with Gasteiger partial charge in [0.2, 0.25) is 5.91 Å². The largest absolute Gasteiger partial charge is 0.335 e. The molecule has 1 N–H and O–H groups in total. The summed E-state index contributed by atoms with van der Waals surface area (Å²) in [5.74, 6) is 0.104. The average Bonchev–Trinajstić information content (AvgIpc) is 3.30. The number of halogens is 2. The van der Waals surface area contributed by atoms with Gasteiger partial charge in [-0.2, -0.15) is 0 Å². The number of amides is 1. The summed E-state index contributed by atoms with van der Waals surface area (Å²) < 4.78 is 13.3. The van der Waals surface area contributed by atoms with Gasteiger partial charge < -0.3 is 10.2 Å². The summed E-state index contributed by atoms with van der Waals surface area (Å²) in [6.07, 6.45) is 4.20. The Hall–Kier alpha value is -1.13. The second-order valence-corrected chi connectivity index (χ2v) is 5.87. The molecular weight excluding hydrogens is 291 g/mol. The van der Waals surface area contributed by atoms with E-state index in [4.69, 9.17) is 0 Å². The number of nitrogens with one attached hydrogen (secondary N) is 1. The molecule has 1 atom stereocenters. The molecule has 1 amide bonds. The SMILES string of the molecule is Cl.O=C(C1CCCNC1)N(Cc1cccc(F)c1)C1CC1. The van der Waals surface area contributed by atoms with Crippen molar-refractivity contribution in [2.45, 2.75) is 38.3 Å². The molecule has 3 nitrogen and oxygen atoms in total. The molecule has 1 aliphatic carbocycles. The zero-order chi connectivity index (χ0) is 13.9. The molecule has 3 rings (SSSR count). The Balaban J connectivity index is 0.00000161. The smallest absolute Gasteiger partial charge is 0.227 e. The lowest BCUT2D eigenvalue weighted by Crippen LogP contribution is -2.43. The molecule has 1 saturated heterocycles. The fraction of sp³-hybridized carbons (Fsp3) is 0.562. The van der Waals surface area contributed by atoms with Gasteiger partial charge in [-0.25, -0.2) is 4.39 Å². The number of rotatable bonds is 4. The van der Waals surface area contributed by atoms with E-state index in [1.165, 1.54) is 12.1 Å². The summed E-state index contributed by atoms with van der Waals surface area (Å²) in [5.41, 5.74) is 0.883. The van der Waals surface area contributed by atoms with Crippen LogP contribution in [-0.4, -0.2) is 29.9 Å². The van der Waals surface area contributed by atoms with Gasteiger partial charge in [-0.05, 0) is 49.9 Å². The molecule has 116 valence electrons. The van der Waals surface area contributed by atoms with Gasteiger partial charge in [0.1, 0.15) is 5.82 Å². The first kappa shape index (κ1) is 16.2. The standard InChI is InChI=1S/C16H21FN2O.ClH/c17-14-5-1-3-12(9-14)11-19(15-6-7-15)16(20)13-4-2-8-18-10-13;/h1,3,5,9,13,15,18H,2,4,6-8,10-11H2;1H. The average molecular weight is 313 g/mol. The molecule has 0 aromatic heterocycles. The Bertz CT molecular complexity index is 487. The minimum Gasteiger partial charge on any atom is -0.335 e. The first-order chi connectivity index (χ1) is 9.74. The molecule has 1 aromatic rings. The summed E-state index contributed by atoms with van der Waals surface area (Å²) in [6, 6.07) is 6.94. The van der Waals surface area contributed by atoms with E-state index in [-0.39, 0.29) is 30.0 Å². The van der Waals surface area contributed by atoms with Crippen molar-refractivity contribution in [3.63, 3.8) is 0 Å². The van der Waals surface area contributed by atoms with E-state index in [9.17, 15) is 9.18 Å². The van der Waals surface area contributed by atoms with Gasteiger partial charge in [0, 0.05) is 19.1 Å². The molecule has 21 heavy (non-hydrogen) atoms. The fourth-order valence-corrected chi connectivity index (χ4v) is 2.90. The van der Waals surface area contributed by atoms with Gasteiger partial charge in [0.15, 0.2) is 0 Å². The molecule has 1 aromatic carbocycles. The molecule has 1 unspecified atom stereocenters. The highest BCUT2D eigenvalue weighted by Crippen LogP contribution is 2.30. The van der Waals surface area contributed by atoms with Crippen LogP contribution in [0, 0.1) is 11.7 Å². The number of carbonyl (C=O) groups is 1. The molecule has 0 spiro atoms. The Kier molecular flexibility index (Phi) is 5.59. The lowest BCUT2D eigenvalue weighted by Gasteiger charge is -2.30. The molecule has 2 fully saturated rings. The van der Waals surface area contributed by atoms with E-state index < -0.39 is 0 Å². The van der Waals surface area contributed by atoms with Crippen LogP contribution in [0.25, 0.3) is 0 Å². The lowest BCUT2D eigenvalue weighted by molar-refractivity contribution is -0.137. The van der Waals surface area contributed by atoms with Crippen LogP contribution >= 0.6 is 12.4 Å². The van der Waals surface area contributed by atoms with Gasteiger partial charge in [-0.15, -0.1) is 12.4 Å². The van der Waals surface area contributed by atoms with Gasteiger partial charge in [-0.3, -0.25) is 4.79 Å². The Morgan fingerprint density at radius 1 is 1.33 bits per heavy atom. The van der Waals surface area contributed by atoms with Crippen LogP contribution in [-0.2, 0) is 11.3 Å². The van der Waals surface area contributed by atoms with Crippen molar-refractivity contribution in [3.05, 3.63) is 35.6 Å². The maximum Gasteiger partial charge on any atom is 0.227 e. The number of hydrogen-bond donors (Lipinski definition) is 1. The van der Waals surface area contributed by atoms with Crippen molar-refractivity contribution in [1.82, 2.24) is 10.2 Å². The highest BCUT2D eigenvalue weighted by Gasteiger charge is 2.36. The molecule has 1 saturated carbocycles. The van der Waals surface area contributed by atoms with Gasteiger partial charge in [0.05, 0.1) is 5.92 Å². The topological polar surface area (TPSA) is 32.3 Å². The third-order valence-electron chi connectivity index (χ3n) is 4.16. The number of carbonyl (C=O) groups excluding carboxylic acids is 1. The van der Waals surface area contributed by atoms with E-state index in [0.29, 0.717) is 12.6 Å². The van der Waals surface area contributed by atoms with Crippen molar-refractivity contribution >= 4 is 18.3 Å². The number of piperidine rings is 1. The fourth-order valence-electron chi connectivity index (χ4n) is 2.90. The highest BCUT2D eigenvalue weighted by atomic mass is 35.5. The Labute approximate surface area is 131 Å².